The smallest absolute Gasteiger partial charge is 0.321 e. The van der Waals surface area contributed by atoms with Crippen LogP contribution in [0.4, 0.5) is 0 Å². The molecule has 0 fully saturated rings. The van der Waals surface area contributed by atoms with Gasteiger partial charge < -0.3 is 10.8 Å². The Morgan fingerprint density at radius 3 is 3.05 bits per heavy atom. The van der Waals surface area contributed by atoms with E-state index >= 15 is 0 Å². The molecule has 0 radical (unpaired) electrons. The van der Waals surface area contributed by atoms with Gasteiger partial charge in [0.2, 0.25) is 4.96 Å². The van der Waals surface area contributed by atoms with Crippen molar-refractivity contribution in [3.63, 3.8) is 0 Å². The lowest BCUT2D eigenvalue weighted by atomic mass is 10.4. The monoisotopic (exact) mass is 314 g/mol. The van der Waals surface area contributed by atoms with Gasteiger partial charge in [-0.3, -0.25) is 9.59 Å². The summed E-state index contributed by atoms with van der Waals surface area (Å²) in [6.07, 6.45) is 0.755. The molecule has 0 saturated heterocycles. The molecular weight excluding hydrogens is 300 g/mol. The van der Waals surface area contributed by atoms with Crippen molar-refractivity contribution in [1.29, 1.82) is 0 Å². The quantitative estimate of drug-likeness (QED) is 0.792. The van der Waals surface area contributed by atoms with Crippen molar-refractivity contribution in [3.05, 3.63) is 27.1 Å². The van der Waals surface area contributed by atoms with Gasteiger partial charge in [0, 0.05) is 17.6 Å². The number of nitrogens with zero attached hydrogens (tertiary/aromatic N) is 3. The number of carboxylic acids is 1. The number of hydrogen-bond donors (Lipinski definition) is 2. The summed E-state index contributed by atoms with van der Waals surface area (Å²) in [5.74, 6) is -0.304. The first-order valence-electron chi connectivity index (χ1n) is 5.96. The van der Waals surface area contributed by atoms with Gasteiger partial charge in [0.1, 0.15) is 11.0 Å². The summed E-state index contributed by atoms with van der Waals surface area (Å²) in [5, 5.41) is 13.7. The van der Waals surface area contributed by atoms with E-state index in [9.17, 15) is 9.59 Å². The molecule has 3 N–H and O–H groups in total. The summed E-state index contributed by atoms with van der Waals surface area (Å²) >= 11 is 2.72. The van der Waals surface area contributed by atoms with E-state index in [-0.39, 0.29) is 11.3 Å². The highest BCUT2D eigenvalue weighted by atomic mass is 32.2. The number of rotatable bonds is 6. The second-order valence-corrected chi connectivity index (χ2v) is 6.16. The summed E-state index contributed by atoms with van der Waals surface area (Å²) < 4.78 is 1.29. The first-order valence-corrected chi connectivity index (χ1v) is 7.93. The van der Waals surface area contributed by atoms with Gasteiger partial charge in [0.25, 0.3) is 5.56 Å². The fraction of sp³-hybridized carbons (Fsp3) is 0.455. The van der Waals surface area contributed by atoms with E-state index in [0.29, 0.717) is 16.4 Å². The van der Waals surface area contributed by atoms with Crippen molar-refractivity contribution in [2.24, 2.45) is 5.73 Å². The minimum Gasteiger partial charge on any atom is -0.480 e. The van der Waals surface area contributed by atoms with E-state index in [1.165, 1.54) is 33.7 Å². The van der Waals surface area contributed by atoms with Crippen LogP contribution in [0.1, 0.15) is 17.6 Å². The first kappa shape index (κ1) is 14.9. The van der Waals surface area contributed by atoms with Crippen molar-refractivity contribution in [3.8, 4) is 0 Å². The zero-order valence-corrected chi connectivity index (χ0v) is 12.4. The number of carboxylic acid groups (broad SMARTS) is 1. The Kier molecular flexibility index (Phi) is 4.73. The third-order valence-electron chi connectivity index (χ3n) is 2.51. The van der Waals surface area contributed by atoms with Gasteiger partial charge in [0.15, 0.2) is 0 Å². The zero-order valence-electron chi connectivity index (χ0n) is 10.8. The third-order valence-corrected chi connectivity index (χ3v) is 4.65. The number of aryl methyl sites for hydroxylation is 1. The van der Waals surface area contributed by atoms with Crippen LogP contribution in [-0.4, -0.2) is 37.5 Å². The summed E-state index contributed by atoms with van der Waals surface area (Å²) in [4.78, 5) is 27.4. The molecule has 2 aromatic rings. The molecule has 1 atom stereocenters. The molecule has 2 aromatic heterocycles. The van der Waals surface area contributed by atoms with E-state index in [1.54, 1.807) is 0 Å². The number of fused-ring (bicyclic) bond motifs is 1. The standard InChI is InChI=1S/C11H14N4O3S2/c1-2-8-14-15-9(16)3-6(13-11(15)20-8)4-19-5-7(12)10(17)18/h3,7H,2,4-5,12H2,1H3,(H,17,18). The topological polar surface area (TPSA) is 111 Å². The molecule has 1 unspecified atom stereocenters. The Morgan fingerprint density at radius 1 is 1.65 bits per heavy atom. The number of aliphatic carboxylic acids is 1. The van der Waals surface area contributed by atoms with Gasteiger partial charge in [-0.05, 0) is 6.42 Å². The Labute approximate surface area is 122 Å². The number of nitrogens with two attached hydrogens (primary N) is 1. The molecule has 2 rings (SSSR count). The minimum absolute atomic E-state index is 0.218. The Balaban J connectivity index is 2.11. The van der Waals surface area contributed by atoms with Crippen LogP contribution >= 0.6 is 23.1 Å². The molecule has 9 heteroatoms. The number of thioether (sulfide) groups is 1. The average molecular weight is 314 g/mol. The molecule has 0 saturated carbocycles. The highest BCUT2D eigenvalue weighted by Crippen LogP contribution is 2.15. The molecule has 108 valence electrons. The van der Waals surface area contributed by atoms with Crippen LogP contribution in [-0.2, 0) is 17.0 Å². The van der Waals surface area contributed by atoms with Gasteiger partial charge in [-0.15, -0.1) is 0 Å². The molecule has 0 spiro atoms. The van der Waals surface area contributed by atoms with Crippen molar-refractivity contribution in [2.75, 3.05) is 5.75 Å². The van der Waals surface area contributed by atoms with Crippen LogP contribution in [0.5, 0.6) is 0 Å². The van der Waals surface area contributed by atoms with Crippen molar-refractivity contribution in [2.45, 2.75) is 25.1 Å². The predicted molar refractivity (Wildman–Crippen MR) is 78.3 cm³/mol. The van der Waals surface area contributed by atoms with Gasteiger partial charge in [-0.2, -0.15) is 21.4 Å². The van der Waals surface area contributed by atoms with Gasteiger partial charge in [0.05, 0.1) is 5.69 Å². The minimum atomic E-state index is -1.03. The van der Waals surface area contributed by atoms with Crippen LogP contribution in [0, 0.1) is 0 Å². The maximum Gasteiger partial charge on any atom is 0.321 e. The highest BCUT2D eigenvalue weighted by Gasteiger charge is 2.12. The van der Waals surface area contributed by atoms with Crippen molar-refractivity contribution < 1.29 is 9.90 Å². The van der Waals surface area contributed by atoms with Crippen LogP contribution in [0.25, 0.3) is 4.96 Å². The molecule has 0 aliphatic heterocycles. The fourth-order valence-electron chi connectivity index (χ4n) is 1.47. The highest BCUT2D eigenvalue weighted by molar-refractivity contribution is 7.98. The van der Waals surface area contributed by atoms with Gasteiger partial charge in [-0.25, -0.2) is 4.98 Å². The van der Waals surface area contributed by atoms with E-state index in [2.05, 4.69) is 10.1 Å². The summed E-state index contributed by atoms with van der Waals surface area (Å²) in [6.45, 7) is 1.97. The predicted octanol–water partition coefficient (Wildman–Crippen LogP) is 0.359. The van der Waals surface area contributed by atoms with Crippen LogP contribution in [0.2, 0.25) is 0 Å². The normalized spacial score (nSPS) is 12.7. The van der Waals surface area contributed by atoms with E-state index < -0.39 is 12.0 Å². The van der Waals surface area contributed by atoms with Crippen molar-refractivity contribution >= 4 is 34.0 Å². The van der Waals surface area contributed by atoms with E-state index in [0.717, 1.165) is 11.4 Å². The lowest BCUT2D eigenvalue weighted by Gasteiger charge is -2.05. The Hall–Kier alpha value is -1.45. The Morgan fingerprint density at radius 2 is 2.40 bits per heavy atom. The maximum absolute atomic E-state index is 11.9. The summed E-state index contributed by atoms with van der Waals surface area (Å²) in [6, 6.07) is 0.519. The maximum atomic E-state index is 11.9. The Bertz CT molecular complexity index is 682. The number of hydrogen-bond acceptors (Lipinski definition) is 7. The van der Waals surface area contributed by atoms with Crippen molar-refractivity contribution in [1.82, 2.24) is 14.6 Å². The molecule has 0 bridgehead atoms. The van der Waals surface area contributed by atoms with E-state index in [1.807, 2.05) is 6.92 Å². The first-order chi connectivity index (χ1) is 9.51. The summed E-state index contributed by atoms with van der Waals surface area (Å²) in [7, 11) is 0. The number of carbonyl (C=O) groups is 1. The van der Waals surface area contributed by atoms with Crippen LogP contribution < -0.4 is 11.3 Å². The zero-order chi connectivity index (χ0) is 14.7. The molecule has 20 heavy (non-hydrogen) atoms. The van der Waals surface area contributed by atoms with Gasteiger partial charge in [-0.1, -0.05) is 18.3 Å². The number of aromatic nitrogens is 3. The molecular formula is C11H14N4O3S2. The van der Waals surface area contributed by atoms with E-state index in [4.69, 9.17) is 10.8 Å². The lowest BCUT2D eigenvalue weighted by molar-refractivity contribution is -0.137. The molecule has 0 amide bonds. The molecule has 0 aliphatic rings. The third kappa shape index (κ3) is 3.35. The second kappa shape index (κ2) is 6.33. The SMILES string of the molecule is CCc1nn2c(=O)cc(CSCC(N)C(=O)O)nc2s1. The van der Waals surface area contributed by atoms with Crippen LogP contribution in [0.3, 0.4) is 0 Å². The average Bonchev–Trinajstić information content (AvgIpc) is 2.82. The largest absolute Gasteiger partial charge is 0.480 e. The van der Waals surface area contributed by atoms with Crippen LogP contribution in [0.15, 0.2) is 10.9 Å². The molecule has 2 heterocycles. The lowest BCUT2D eigenvalue weighted by Crippen LogP contribution is -2.32. The second-order valence-electron chi connectivity index (χ2n) is 4.09. The summed E-state index contributed by atoms with van der Waals surface area (Å²) in [5.41, 5.74) is 5.80. The molecule has 7 nitrogen and oxygen atoms in total. The molecule has 0 aliphatic carbocycles. The molecule has 0 aromatic carbocycles. The fourth-order valence-corrected chi connectivity index (χ4v) is 3.20. The van der Waals surface area contributed by atoms with Gasteiger partial charge >= 0.3 is 5.97 Å².